The lowest BCUT2D eigenvalue weighted by Gasteiger charge is -2.31. The summed E-state index contributed by atoms with van der Waals surface area (Å²) in [5.41, 5.74) is -0.449. The fourth-order valence-electron chi connectivity index (χ4n) is 4.39. The van der Waals surface area contributed by atoms with Gasteiger partial charge in [-0.25, -0.2) is 0 Å². The number of rotatable bonds is 6. The van der Waals surface area contributed by atoms with Gasteiger partial charge < -0.3 is 19.7 Å². The van der Waals surface area contributed by atoms with Crippen LogP contribution in [0.1, 0.15) is 32.6 Å². The van der Waals surface area contributed by atoms with E-state index < -0.39 is 5.41 Å². The highest BCUT2D eigenvalue weighted by atomic mass is 16.5. The van der Waals surface area contributed by atoms with Crippen LogP contribution in [-0.2, 0) is 14.3 Å². The van der Waals surface area contributed by atoms with Gasteiger partial charge in [-0.1, -0.05) is 18.2 Å². The van der Waals surface area contributed by atoms with Gasteiger partial charge in [-0.15, -0.1) is 0 Å². The minimum absolute atomic E-state index is 0.0278. The maximum absolute atomic E-state index is 12.8. The molecule has 6 nitrogen and oxygen atoms in total. The lowest BCUT2D eigenvalue weighted by atomic mass is 9.74. The molecule has 3 aliphatic rings. The number of carbonyl (C=O) groups is 2. The molecule has 6 heteroatoms. The van der Waals surface area contributed by atoms with Crippen LogP contribution < -0.4 is 10.1 Å². The SMILES string of the molecule is CC1(C(=O)NC2CC(=O)N(CCOc3ccccc3)C2)CC2CCC1O2. The molecule has 3 aliphatic heterocycles. The summed E-state index contributed by atoms with van der Waals surface area (Å²) in [6.45, 7) is 3.53. The molecule has 1 N–H and O–H groups in total. The fourth-order valence-corrected chi connectivity index (χ4v) is 4.39. The molecule has 0 aliphatic carbocycles. The van der Waals surface area contributed by atoms with Crippen molar-refractivity contribution in [2.24, 2.45) is 5.41 Å². The van der Waals surface area contributed by atoms with Crippen LogP contribution in [0, 0.1) is 5.41 Å². The number of ether oxygens (including phenoxy) is 2. The molecule has 4 unspecified atom stereocenters. The molecule has 2 amide bonds. The van der Waals surface area contributed by atoms with Crippen LogP contribution in [-0.4, -0.2) is 54.7 Å². The smallest absolute Gasteiger partial charge is 0.228 e. The van der Waals surface area contributed by atoms with Gasteiger partial charge in [-0.05, 0) is 38.3 Å². The normalized spacial score (nSPS) is 32.9. The van der Waals surface area contributed by atoms with Gasteiger partial charge in [-0.3, -0.25) is 9.59 Å². The minimum Gasteiger partial charge on any atom is -0.492 e. The number of amides is 2. The highest BCUT2D eigenvalue weighted by Crippen LogP contribution is 2.47. The molecule has 1 aromatic carbocycles. The quantitative estimate of drug-likeness (QED) is 0.841. The van der Waals surface area contributed by atoms with Crippen molar-refractivity contribution < 1.29 is 19.1 Å². The van der Waals surface area contributed by atoms with E-state index in [1.165, 1.54) is 0 Å². The molecular weight excluding hydrogens is 332 g/mol. The number of hydrogen-bond donors (Lipinski definition) is 1. The molecule has 3 saturated heterocycles. The number of benzene rings is 1. The van der Waals surface area contributed by atoms with E-state index in [2.05, 4.69) is 5.32 Å². The third kappa shape index (κ3) is 3.30. The standard InChI is InChI=1S/C20H26N2O4/c1-20(12-16-7-8-17(20)26-16)19(24)21-14-11-18(23)22(13-14)9-10-25-15-5-3-2-4-6-15/h2-6,14,16-17H,7-13H2,1H3,(H,21,24). The highest BCUT2D eigenvalue weighted by molar-refractivity contribution is 5.86. The van der Waals surface area contributed by atoms with E-state index in [0.29, 0.717) is 26.1 Å². The van der Waals surface area contributed by atoms with Crippen molar-refractivity contribution in [3.8, 4) is 5.75 Å². The number of nitrogens with one attached hydrogen (secondary N) is 1. The van der Waals surface area contributed by atoms with Gasteiger partial charge in [0, 0.05) is 13.0 Å². The molecule has 1 aromatic rings. The first-order valence-corrected chi connectivity index (χ1v) is 9.46. The molecular formula is C20H26N2O4. The van der Waals surface area contributed by atoms with Crippen LogP contribution >= 0.6 is 0 Å². The Morgan fingerprint density at radius 3 is 2.85 bits per heavy atom. The second kappa shape index (κ2) is 6.91. The third-order valence-corrected chi connectivity index (χ3v) is 5.91. The van der Waals surface area contributed by atoms with Crippen LogP contribution in [0.3, 0.4) is 0 Å². The van der Waals surface area contributed by atoms with E-state index in [0.717, 1.165) is 25.0 Å². The van der Waals surface area contributed by atoms with Gasteiger partial charge in [0.25, 0.3) is 0 Å². The summed E-state index contributed by atoms with van der Waals surface area (Å²) in [5, 5.41) is 3.09. The van der Waals surface area contributed by atoms with E-state index in [1.54, 1.807) is 4.90 Å². The maximum atomic E-state index is 12.8. The molecule has 4 atom stereocenters. The monoisotopic (exact) mass is 358 g/mol. The summed E-state index contributed by atoms with van der Waals surface area (Å²) in [6, 6.07) is 9.44. The Bertz CT molecular complexity index is 680. The second-order valence-corrected chi connectivity index (χ2v) is 7.82. The molecule has 140 valence electrons. The molecule has 0 radical (unpaired) electrons. The molecule has 3 heterocycles. The number of likely N-dealkylation sites (tertiary alicyclic amines) is 1. The number of fused-ring (bicyclic) bond motifs is 2. The average Bonchev–Trinajstić information content (AvgIpc) is 3.31. The van der Waals surface area contributed by atoms with Gasteiger partial charge in [0.15, 0.2) is 0 Å². The van der Waals surface area contributed by atoms with Crippen molar-refractivity contribution in [1.29, 1.82) is 0 Å². The number of hydrogen-bond acceptors (Lipinski definition) is 4. The summed E-state index contributed by atoms with van der Waals surface area (Å²) in [4.78, 5) is 26.8. The molecule has 2 bridgehead atoms. The van der Waals surface area contributed by atoms with Crippen molar-refractivity contribution in [2.75, 3.05) is 19.7 Å². The fraction of sp³-hybridized carbons (Fsp3) is 0.600. The predicted molar refractivity (Wildman–Crippen MR) is 95.7 cm³/mol. The third-order valence-electron chi connectivity index (χ3n) is 5.91. The van der Waals surface area contributed by atoms with Crippen molar-refractivity contribution >= 4 is 11.8 Å². The minimum atomic E-state index is -0.449. The lowest BCUT2D eigenvalue weighted by molar-refractivity contribution is -0.133. The van der Waals surface area contributed by atoms with E-state index in [9.17, 15) is 9.59 Å². The average molecular weight is 358 g/mol. The summed E-state index contributed by atoms with van der Waals surface area (Å²) < 4.78 is 11.5. The van der Waals surface area contributed by atoms with Gasteiger partial charge in [-0.2, -0.15) is 0 Å². The van der Waals surface area contributed by atoms with Crippen LogP contribution in [0.15, 0.2) is 30.3 Å². The summed E-state index contributed by atoms with van der Waals surface area (Å²) in [6.07, 6.45) is 3.43. The Morgan fingerprint density at radius 1 is 1.35 bits per heavy atom. The zero-order valence-corrected chi connectivity index (χ0v) is 15.1. The van der Waals surface area contributed by atoms with Crippen molar-refractivity contribution in [2.45, 2.75) is 50.9 Å². The Kier molecular flexibility index (Phi) is 4.61. The second-order valence-electron chi connectivity index (χ2n) is 7.82. The van der Waals surface area contributed by atoms with Crippen molar-refractivity contribution in [1.82, 2.24) is 10.2 Å². The molecule has 4 rings (SSSR count). The van der Waals surface area contributed by atoms with Crippen LogP contribution in [0.2, 0.25) is 0 Å². The molecule has 0 aromatic heterocycles. The predicted octanol–water partition coefficient (Wildman–Crippen LogP) is 1.74. The molecule has 26 heavy (non-hydrogen) atoms. The van der Waals surface area contributed by atoms with Crippen LogP contribution in [0.25, 0.3) is 0 Å². The lowest BCUT2D eigenvalue weighted by Crippen LogP contribution is -2.49. The Balaban J connectivity index is 1.26. The van der Waals surface area contributed by atoms with E-state index >= 15 is 0 Å². The zero-order chi connectivity index (χ0) is 18.1. The summed E-state index contributed by atoms with van der Waals surface area (Å²) in [5.74, 6) is 0.902. The van der Waals surface area contributed by atoms with Crippen molar-refractivity contribution in [3.63, 3.8) is 0 Å². The number of para-hydroxylation sites is 1. The van der Waals surface area contributed by atoms with E-state index in [1.807, 2.05) is 37.3 Å². The van der Waals surface area contributed by atoms with Gasteiger partial charge >= 0.3 is 0 Å². The van der Waals surface area contributed by atoms with E-state index in [-0.39, 0.29) is 30.1 Å². The Labute approximate surface area is 153 Å². The summed E-state index contributed by atoms with van der Waals surface area (Å²) >= 11 is 0. The first-order valence-electron chi connectivity index (χ1n) is 9.46. The van der Waals surface area contributed by atoms with Crippen LogP contribution in [0.5, 0.6) is 5.75 Å². The highest BCUT2D eigenvalue weighted by Gasteiger charge is 2.54. The summed E-state index contributed by atoms with van der Waals surface area (Å²) in [7, 11) is 0. The van der Waals surface area contributed by atoms with Crippen molar-refractivity contribution in [3.05, 3.63) is 30.3 Å². The zero-order valence-electron chi connectivity index (χ0n) is 15.1. The Morgan fingerprint density at radius 2 is 2.15 bits per heavy atom. The largest absolute Gasteiger partial charge is 0.492 e. The van der Waals surface area contributed by atoms with Gasteiger partial charge in [0.2, 0.25) is 11.8 Å². The molecule has 0 saturated carbocycles. The van der Waals surface area contributed by atoms with E-state index in [4.69, 9.17) is 9.47 Å². The topological polar surface area (TPSA) is 67.9 Å². The van der Waals surface area contributed by atoms with Crippen LogP contribution in [0.4, 0.5) is 0 Å². The number of nitrogens with zero attached hydrogens (tertiary/aromatic N) is 1. The molecule has 0 spiro atoms. The maximum Gasteiger partial charge on any atom is 0.228 e. The molecule has 3 fully saturated rings. The first kappa shape index (κ1) is 17.3. The number of carbonyl (C=O) groups excluding carboxylic acids is 2. The Hall–Kier alpha value is -2.08. The van der Waals surface area contributed by atoms with Gasteiger partial charge in [0.05, 0.1) is 30.2 Å². The van der Waals surface area contributed by atoms with Gasteiger partial charge in [0.1, 0.15) is 12.4 Å². The first-order chi connectivity index (χ1) is 12.5.